The van der Waals surface area contributed by atoms with Gasteiger partial charge in [0.15, 0.2) is 0 Å². The highest BCUT2D eigenvalue weighted by Gasteiger charge is 2.30. The molecule has 0 unspecified atom stereocenters. The number of fused-ring (bicyclic) bond motifs is 2. The van der Waals surface area contributed by atoms with Gasteiger partial charge >= 0.3 is 12.2 Å². The normalized spacial score (nSPS) is 14.3. The first-order chi connectivity index (χ1) is 21.7. The lowest BCUT2D eigenvalue weighted by Crippen LogP contribution is -2.33. The lowest BCUT2D eigenvalue weighted by Gasteiger charge is -2.24. The number of carbonyl (C=O) groups is 2. The van der Waals surface area contributed by atoms with Gasteiger partial charge in [-0.15, -0.1) is 0 Å². The molecule has 2 aliphatic rings. The highest BCUT2D eigenvalue weighted by Crippen LogP contribution is 2.43. The first kappa shape index (κ1) is 32.0. The summed E-state index contributed by atoms with van der Waals surface area (Å²) >= 11 is 14.3. The van der Waals surface area contributed by atoms with Crippen LogP contribution in [0.1, 0.15) is 63.8 Å². The Labute approximate surface area is 280 Å². The Balaban J connectivity index is 1.26. The minimum Gasteiger partial charge on any atom is -0.444 e. The molecule has 238 valence electrons. The summed E-state index contributed by atoms with van der Waals surface area (Å²) in [5.41, 5.74) is 8.63. The van der Waals surface area contributed by atoms with Crippen molar-refractivity contribution in [3.8, 4) is 33.4 Å². The van der Waals surface area contributed by atoms with Gasteiger partial charge in [-0.1, -0.05) is 83.9 Å². The van der Waals surface area contributed by atoms with E-state index < -0.39 is 11.2 Å². The van der Waals surface area contributed by atoms with E-state index in [2.05, 4.69) is 24.3 Å². The SMILES string of the molecule is CC(C)(C)OC(=O)N1Cc2ccc(-c3cccc(-c4cccc(-c5ccc6c(c5)CN(C(=O)OC(C)(C)C)C6)c4Cl)c3Cl)cc2C1. The summed E-state index contributed by atoms with van der Waals surface area (Å²) in [6.45, 7) is 13.2. The summed E-state index contributed by atoms with van der Waals surface area (Å²) < 4.78 is 11.2. The first-order valence-electron chi connectivity index (χ1n) is 15.4. The first-order valence-corrected chi connectivity index (χ1v) is 16.2. The number of nitrogens with zero attached hydrogens (tertiary/aromatic N) is 2. The van der Waals surface area contributed by atoms with Gasteiger partial charge in [0, 0.05) is 48.4 Å². The molecule has 0 bridgehead atoms. The van der Waals surface area contributed by atoms with Gasteiger partial charge in [-0.05, 0) is 87.1 Å². The number of ether oxygens (including phenoxy) is 2. The molecule has 0 spiro atoms. The predicted molar refractivity (Wildman–Crippen MR) is 184 cm³/mol. The van der Waals surface area contributed by atoms with Gasteiger partial charge in [0.2, 0.25) is 0 Å². The van der Waals surface area contributed by atoms with E-state index in [9.17, 15) is 9.59 Å². The van der Waals surface area contributed by atoms with Crippen molar-refractivity contribution in [3.05, 3.63) is 105 Å². The van der Waals surface area contributed by atoms with Gasteiger partial charge in [-0.25, -0.2) is 9.59 Å². The molecule has 8 heteroatoms. The molecule has 2 aliphatic heterocycles. The fourth-order valence-corrected chi connectivity index (χ4v) is 6.63. The number of amides is 2. The van der Waals surface area contributed by atoms with Crippen molar-refractivity contribution in [2.24, 2.45) is 0 Å². The molecule has 2 amide bonds. The van der Waals surface area contributed by atoms with Crippen LogP contribution in [0.3, 0.4) is 0 Å². The summed E-state index contributed by atoms with van der Waals surface area (Å²) in [5, 5.41) is 1.20. The molecule has 6 nitrogen and oxygen atoms in total. The summed E-state index contributed by atoms with van der Waals surface area (Å²) in [6.07, 6.45) is -0.632. The van der Waals surface area contributed by atoms with Crippen LogP contribution >= 0.6 is 23.2 Å². The van der Waals surface area contributed by atoms with Crippen LogP contribution in [0.25, 0.3) is 33.4 Å². The number of hydrogen-bond donors (Lipinski definition) is 0. The van der Waals surface area contributed by atoms with Gasteiger partial charge in [-0.2, -0.15) is 0 Å². The molecule has 0 radical (unpaired) electrons. The standard InChI is InChI=1S/C38H38Cl2N2O4/c1-37(2,3)45-35(43)41-19-25-15-13-23(17-27(25)21-41)29-9-7-11-31(33(29)39)32-12-8-10-30(34(32)40)24-14-16-26-20-42(22-28(26)18-24)36(44)46-38(4,5)6/h7-18H,19-22H2,1-6H3. The minimum absolute atomic E-state index is 0.316. The second kappa shape index (κ2) is 12.0. The van der Waals surface area contributed by atoms with Crippen molar-refractivity contribution >= 4 is 35.4 Å². The Morgan fingerprint density at radius 1 is 0.543 bits per heavy atom. The maximum Gasteiger partial charge on any atom is 0.410 e. The molecular weight excluding hydrogens is 619 g/mol. The van der Waals surface area contributed by atoms with Crippen LogP contribution in [0.4, 0.5) is 9.59 Å². The van der Waals surface area contributed by atoms with Crippen LogP contribution in [0.2, 0.25) is 10.0 Å². The lowest BCUT2D eigenvalue weighted by molar-refractivity contribution is 0.0232. The zero-order chi connectivity index (χ0) is 33.0. The number of benzene rings is 4. The average Bonchev–Trinajstić information content (AvgIpc) is 3.60. The predicted octanol–water partition coefficient (Wildman–Crippen LogP) is 10.5. The van der Waals surface area contributed by atoms with Gasteiger partial charge < -0.3 is 9.47 Å². The van der Waals surface area contributed by atoms with Crippen LogP contribution in [0.15, 0.2) is 72.8 Å². The molecule has 0 fully saturated rings. The van der Waals surface area contributed by atoms with Crippen molar-refractivity contribution in [3.63, 3.8) is 0 Å². The van der Waals surface area contributed by atoms with Crippen LogP contribution in [-0.4, -0.2) is 33.2 Å². The fraction of sp³-hybridized carbons (Fsp3) is 0.316. The van der Waals surface area contributed by atoms with Gasteiger partial charge in [-0.3, -0.25) is 9.80 Å². The Morgan fingerprint density at radius 2 is 0.891 bits per heavy atom. The molecule has 0 N–H and O–H groups in total. The Kier molecular flexibility index (Phi) is 8.32. The quantitative estimate of drug-likeness (QED) is 0.220. The Morgan fingerprint density at radius 3 is 1.26 bits per heavy atom. The molecule has 46 heavy (non-hydrogen) atoms. The maximum atomic E-state index is 12.7. The van der Waals surface area contributed by atoms with Crippen LogP contribution in [0.5, 0.6) is 0 Å². The summed E-state index contributed by atoms with van der Waals surface area (Å²) in [6, 6.07) is 24.4. The van der Waals surface area contributed by atoms with Gasteiger partial charge in [0.25, 0.3) is 0 Å². The molecule has 0 saturated heterocycles. The molecule has 0 aliphatic carbocycles. The van der Waals surface area contributed by atoms with Crippen molar-refractivity contribution in [2.45, 2.75) is 78.9 Å². The van der Waals surface area contributed by atoms with Crippen molar-refractivity contribution in [1.82, 2.24) is 9.80 Å². The highest BCUT2D eigenvalue weighted by atomic mass is 35.5. The third kappa shape index (κ3) is 6.60. The van der Waals surface area contributed by atoms with Crippen molar-refractivity contribution < 1.29 is 19.1 Å². The zero-order valence-electron chi connectivity index (χ0n) is 27.0. The Hall–Kier alpha value is -4.00. The van der Waals surface area contributed by atoms with E-state index in [1.165, 1.54) is 0 Å². The summed E-state index contributed by atoms with van der Waals surface area (Å²) in [4.78, 5) is 28.8. The zero-order valence-corrected chi connectivity index (χ0v) is 28.6. The van der Waals surface area contributed by atoms with E-state index in [0.717, 1.165) is 55.6 Å². The number of rotatable bonds is 3. The summed E-state index contributed by atoms with van der Waals surface area (Å²) in [5.74, 6) is 0. The molecule has 2 heterocycles. The number of carbonyl (C=O) groups excluding carboxylic acids is 2. The lowest BCUT2D eigenvalue weighted by atomic mass is 9.94. The molecule has 0 atom stereocenters. The molecule has 6 rings (SSSR count). The third-order valence-electron chi connectivity index (χ3n) is 8.07. The molecule has 0 saturated carbocycles. The minimum atomic E-state index is -0.549. The maximum absolute atomic E-state index is 12.7. The largest absolute Gasteiger partial charge is 0.444 e. The topological polar surface area (TPSA) is 59.1 Å². The van der Waals surface area contributed by atoms with Gasteiger partial charge in [0.1, 0.15) is 11.2 Å². The monoisotopic (exact) mass is 656 g/mol. The molecular formula is C38H38Cl2N2O4. The second-order valence-electron chi connectivity index (χ2n) is 14.0. The van der Waals surface area contributed by atoms with E-state index in [0.29, 0.717) is 36.2 Å². The van der Waals surface area contributed by atoms with E-state index in [1.807, 2.05) is 90.1 Å². The van der Waals surface area contributed by atoms with Crippen LogP contribution < -0.4 is 0 Å². The van der Waals surface area contributed by atoms with Crippen LogP contribution in [-0.2, 0) is 35.7 Å². The third-order valence-corrected chi connectivity index (χ3v) is 8.88. The van der Waals surface area contributed by atoms with E-state index in [-0.39, 0.29) is 12.2 Å². The summed E-state index contributed by atoms with van der Waals surface area (Å²) in [7, 11) is 0. The highest BCUT2D eigenvalue weighted by molar-refractivity contribution is 6.39. The number of halogens is 2. The van der Waals surface area contributed by atoms with E-state index in [1.54, 1.807) is 9.80 Å². The van der Waals surface area contributed by atoms with Crippen molar-refractivity contribution in [2.75, 3.05) is 0 Å². The average molecular weight is 658 g/mol. The van der Waals surface area contributed by atoms with E-state index in [4.69, 9.17) is 32.7 Å². The van der Waals surface area contributed by atoms with Crippen molar-refractivity contribution in [1.29, 1.82) is 0 Å². The smallest absolute Gasteiger partial charge is 0.410 e. The Bertz CT molecular complexity index is 1720. The van der Waals surface area contributed by atoms with Gasteiger partial charge in [0.05, 0.1) is 10.0 Å². The molecule has 4 aromatic carbocycles. The number of hydrogen-bond acceptors (Lipinski definition) is 4. The van der Waals surface area contributed by atoms with Crippen LogP contribution in [0, 0.1) is 0 Å². The molecule has 4 aromatic rings. The fourth-order valence-electron chi connectivity index (χ4n) is 5.96. The van der Waals surface area contributed by atoms with E-state index >= 15 is 0 Å². The molecule has 0 aromatic heterocycles. The second-order valence-corrected chi connectivity index (χ2v) is 14.7.